The number of anilines is 1. The van der Waals surface area contributed by atoms with Crippen LogP contribution in [0.1, 0.15) is 11.1 Å². The zero-order valence-electron chi connectivity index (χ0n) is 16.4. The number of rotatable bonds is 6. The van der Waals surface area contributed by atoms with E-state index in [-0.39, 0.29) is 0 Å². The number of halogens is 1. The van der Waals surface area contributed by atoms with Crippen LogP contribution < -0.4 is 19.1 Å². The normalized spacial score (nSPS) is 14.9. The van der Waals surface area contributed by atoms with E-state index < -0.39 is 0 Å². The average Bonchev–Trinajstić information content (AvgIpc) is 2.69. The quantitative estimate of drug-likeness (QED) is 0.744. The van der Waals surface area contributed by atoms with Gasteiger partial charge in [-0.25, -0.2) is 0 Å². The van der Waals surface area contributed by atoms with Crippen molar-refractivity contribution in [1.29, 1.82) is 0 Å². The monoisotopic (exact) mass is 390 g/mol. The lowest BCUT2D eigenvalue weighted by Gasteiger charge is -2.37. The Bertz CT molecular complexity index is 764. The lowest BCUT2D eigenvalue weighted by molar-refractivity contribution is 0.248. The van der Waals surface area contributed by atoms with Gasteiger partial charge in [-0.05, 0) is 42.3 Å². The number of ether oxygens (including phenoxy) is 3. The van der Waals surface area contributed by atoms with Crippen molar-refractivity contribution >= 4 is 17.3 Å². The zero-order valence-corrected chi connectivity index (χ0v) is 17.2. The minimum atomic E-state index is 0.630. The van der Waals surface area contributed by atoms with Crippen molar-refractivity contribution in [3.63, 3.8) is 0 Å². The molecular formula is C21H27ClN2O3. The smallest absolute Gasteiger partial charge is 0.203 e. The van der Waals surface area contributed by atoms with Crippen LogP contribution in [0.3, 0.4) is 0 Å². The summed E-state index contributed by atoms with van der Waals surface area (Å²) < 4.78 is 16.3. The summed E-state index contributed by atoms with van der Waals surface area (Å²) in [7, 11) is 4.91. The third-order valence-electron chi connectivity index (χ3n) is 5.01. The zero-order chi connectivity index (χ0) is 19.4. The highest BCUT2D eigenvalue weighted by Gasteiger charge is 2.20. The average molecular weight is 391 g/mol. The summed E-state index contributed by atoms with van der Waals surface area (Å²) >= 11 is 6.18. The maximum absolute atomic E-state index is 6.18. The summed E-state index contributed by atoms with van der Waals surface area (Å²) in [4.78, 5) is 4.85. The Morgan fingerprint density at radius 2 is 1.52 bits per heavy atom. The number of aryl methyl sites for hydroxylation is 1. The first-order valence-electron chi connectivity index (χ1n) is 9.08. The lowest BCUT2D eigenvalue weighted by atomic mass is 10.1. The molecule has 0 bridgehead atoms. The summed E-state index contributed by atoms with van der Waals surface area (Å²) in [6, 6.07) is 10.1. The maximum Gasteiger partial charge on any atom is 0.203 e. The Balaban J connectivity index is 1.68. The van der Waals surface area contributed by atoms with Crippen LogP contribution in [0.2, 0.25) is 5.02 Å². The minimum Gasteiger partial charge on any atom is -0.493 e. The molecule has 27 heavy (non-hydrogen) atoms. The molecular weight excluding hydrogens is 364 g/mol. The van der Waals surface area contributed by atoms with Gasteiger partial charge in [0.15, 0.2) is 11.5 Å². The number of hydrogen-bond acceptors (Lipinski definition) is 5. The first-order valence-corrected chi connectivity index (χ1v) is 9.46. The van der Waals surface area contributed by atoms with Gasteiger partial charge in [-0.3, -0.25) is 4.90 Å². The molecule has 0 aromatic heterocycles. The molecule has 0 amide bonds. The Hall–Kier alpha value is -2.11. The molecule has 3 rings (SSSR count). The molecule has 0 N–H and O–H groups in total. The maximum atomic E-state index is 6.18. The Morgan fingerprint density at radius 1 is 0.889 bits per heavy atom. The Morgan fingerprint density at radius 3 is 2.07 bits per heavy atom. The number of hydrogen-bond donors (Lipinski definition) is 0. The summed E-state index contributed by atoms with van der Waals surface area (Å²) in [5, 5.41) is 0.787. The fraction of sp³-hybridized carbons (Fsp3) is 0.429. The fourth-order valence-electron chi connectivity index (χ4n) is 3.55. The van der Waals surface area contributed by atoms with E-state index in [2.05, 4.69) is 28.9 Å². The van der Waals surface area contributed by atoms with Gasteiger partial charge in [0.25, 0.3) is 0 Å². The van der Waals surface area contributed by atoms with Crippen molar-refractivity contribution in [2.75, 3.05) is 52.4 Å². The van der Waals surface area contributed by atoms with Gasteiger partial charge in [0.1, 0.15) is 0 Å². The van der Waals surface area contributed by atoms with E-state index in [0.717, 1.165) is 43.3 Å². The number of piperazine rings is 1. The molecule has 5 nitrogen and oxygen atoms in total. The molecule has 146 valence electrons. The molecule has 0 atom stereocenters. The molecule has 0 radical (unpaired) electrons. The second-order valence-corrected chi connectivity index (χ2v) is 7.16. The molecule has 2 aromatic carbocycles. The van der Waals surface area contributed by atoms with Crippen molar-refractivity contribution in [2.24, 2.45) is 0 Å². The summed E-state index contributed by atoms with van der Waals surface area (Å²) in [6.45, 7) is 6.91. The molecule has 1 heterocycles. The van der Waals surface area contributed by atoms with Gasteiger partial charge in [0.2, 0.25) is 5.75 Å². The summed E-state index contributed by atoms with van der Waals surface area (Å²) in [6.07, 6.45) is 0. The first kappa shape index (κ1) is 19.6. The highest BCUT2D eigenvalue weighted by atomic mass is 35.5. The lowest BCUT2D eigenvalue weighted by Crippen LogP contribution is -2.46. The molecule has 1 fully saturated rings. The van der Waals surface area contributed by atoms with Gasteiger partial charge >= 0.3 is 0 Å². The number of nitrogens with zero attached hydrogens (tertiary/aromatic N) is 2. The van der Waals surface area contributed by atoms with Crippen LogP contribution in [0, 0.1) is 6.92 Å². The van der Waals surface area contributed by atoms with Crippen LogP contribution in [-0.4, -0.2) is 52.4 Å². The standard InChI is InChI=1S/C21H27ClN2O3/c1-15-5-6-17(22)13-18(15)24-9-7-23(8-10-24)14-16-11-19(25-2)21(27-4)20(12-16)26-3/h5-6,11-13H,7-10,14H2,1-4H3. The number of benzene rings is 2. The minimum absolute atomic E-state index is 0.630. The molecule has 1 aliphatic rings. The van der Waals surface area contributed by atoms with Crippen molar-refractivity contribution < 1.29 is 14.2 Å². The van der Waals surface area contributed by atoms with Crippen LogP contribution in [0.15, 0.2) is 30.3 Å². The van der Waals surface area contributed by atoms with Crippen LogP contribution in [-0.2, 0) is 6.54 Å². The highest BCUT2D eigenvalue weighted by molar-refractivity contribution is 6.30. The van der Waals surface area contributed by atoms with E-state index in [1.807, 2.05) is 18.2 Å². The topological polar surface area (TPSA) is 34.2 Å². The van der Waals surface area contributed by atoms with Crippen molar-refractivity contribution in [1.82, 2.24) is 4.90 Å². The summed E-state index contributed by atoms with van der Waals surface area (Å²) in [5.74, 6) is 2.02. The fourth-order valence-corrected chi connectivity index (χ4v) is 3.72. The molecule has 6 heteroatoms. The van der Waals surface area contributed by atoms with Crippen molar-refractivity contribution in [2.45, 2.75) is 13.5 Å². The van der Waals surface area contributed by atoms with Gasteiger partial charge in [0, 0.05) is 43.4 Å². The predicted octanol–water partition coefficient (Wildman–Crippen LogP) is 4.00. The molecule has 1 saturated heterocycles. The van der Waals surface area contributed by atoms with Gasteiger partial charge in [-0.15, -0.1) is 0 Å². The van der Waals surface area contributed by atoms with E-state index >= 15 is 0 Å². The highest BCUT2D eigenvalue weighted by Crippen LogP contribution is 2.38. The molecule has 2 aromatic rings. The van der Waals surface area contributed by atoms with E-state index in [9.17, 15) is 0 Å². The van der Waals surface area contributed by atoms with Crippen LogP contribution >= 0.6 is 11.6 Å². The second-order valence-electron chi connectivity index (χ2n) is 6.73. The van der Waals surface area contributed by atoms with Gasteiger partial charge in [-0.2, -0.15) is 0 Å². The Kier molecular flexibility index (Phi) is 6.34. The van der Waals surface area contributed by atoms with Crippen LogP contribution in [0.5, 0.6) is 17.2 Å². The first-order chi connectivity index (χ1) is 13.0. The molecule has 0 unspecified atom stereocenters. The van der Waals surface area contributed by atoms with E-state index in [4.69, 9.17) is 25.8 Å². The molecule has 0 spiro atoms. The number of methoxy groups -OCH3 is 3. The van der Waals surface area contributed by atoms with Gasteiger partial charge < -0.3 is 19.1 Å². The predicted molar refractivity (Wildman–Crippen MR) is 110 cm³/mol. The second kappa shape index (κ2) is 8.72. The largest absolute Gasteiger partial charge is 0.493 e. The molecule has 0 saturated carbocycles. The van der Waals surface area contributed by atoms with Crippen molar-refractivity contribution in [3.05, 3.63) is 46.5 Å². The van der Waals surface area contributed by atoms with E-state index in [1.54, 1.807) is 21.3 Å². The van der Waals surface area contributed by atoms with Crippen molar-refractivity contribution in [3.8, 4) is 17.2 Å². The van der Waals surface area contributed by atoms with Crippen LogP contribution in [0.4, 0.5) is 5.69 Å². The van der Waals surface area contributed by atoms with E-state index in [0.29, 0.717) is 17.2 Å². The molecule has 0 aliphatic carbocycles. The van der Waals surface area contributed by atoms with E-state index in [1.165, 1.54) is 11.3 Å². The Labute approximate surface area is 166 Å². The molecule has 1 aliphatic heterocycles. The van der Waals surface area contributed by atoms with Crippen LogP contribution in [0.25, 0.3) is 0 Å². The third kappa shape index (κ3) is 4.42. The third-order valence-corrected chi connectivity index (χ3v) is 5.25. The van der Waals surface area contributed by atoms with Gasteiger partial charge in [0.05, 0.1) is 21.3 Å². The summed E-state index contributed by atoms with van der Waals surface area (Å²) in [5.41, 5.74) is 3.64. The SMILES string of the molecule is COc1cc(CN2CCN(c3cc(Cl)ccc3C)CC2)cc(OC)c1OC. The van der Waals surface area contributed by atoms with Gasteiger partial charge in [-0.1, -0.05) is 17.7 Å².